The Bertz CT molecular complexity index is 773. The zero-order chi connectivity index (χ0) is 20.6. The SMILES string of the molecule is CCNC(=NCc1c(CC)noc1CC)NCCC(=O)NC1CCS(=O)(=O)C1.I. The summed E-state index contributed by atoms with van der Waals surface area (Å²) in [4.78, 5) is 16.6. The van der Waals surface area contributed by atoms with Crippen LogP contribution in [0.5, 0.6) is 0 Å². The molecule has 0 radical (unpaired) electrons. The quantitative estimate of drug-likeness (QED) is 0.244. The first kappa shape index (κ1) is 25.7. The number of hydrogen-bond donors (Lipinski definition) is 3. The molecule has 0 aromatic carbocycles. The molecule has 1 aromatic heterocycles. The fourth-order valence-corrected chi connectivity index (χ4v) is 4.79. The van der Waals surface area contributed by atoms with Gasteiger partial charge in [0.1, 0.15) is 5.76 Å². The Morgan fingerprint density at radius 1 is 1.24 bits per heavy atom. The maximum Gasteiger partial charge on any atom is 0.222 e. The highest BCUT2D eigenvalue weighted by Gasteiger charge is 2.28. The van der Waals surface area contributed by atoms with Crippen LogP contribution in [0, 0.1) is 0 Å². The second kappa shape index (κ2) is 12.4. The van der Waals surface area contributed by atoms with Crippen molar-refractivity contribution in [2.24, 2.45) is 4.99 Å². The molecule has 0 spiro atoms. The van der Waals surface area contributed by atoms with Crippen LogP contribution >= 0.6 is 24.0 Å². The number of halogens is 1. The van der Waals surface area contributed by atoms with Gasteiger partial charge in [-0.05, 0) is 19.8 Å². The molecule has 1 aromatic rings. The van der Waals surface area contributed by atoms with E-state index in [2.05, 4.69) is 26.1 Å². The highest BCUT2D eigenvalue weighted by Crippen LogP contribution is 2.16. The van der Waals surface area contributed by atoms with Crippen molar-refractivity contribution in [3.63, 3.8) is 0 Å². The Kier molecular flexibility index (Phi) is 10.9. The molecule has 1 fully saturated rings. The largest absolute Gasteiger partial charge is 0.361 e. The van der Waals surface area contributed by atoms with Crippen molar-refractivity contribution in [3.8, 4) is 0 Å². The lowest BCUT2D eigenvalue weighted by molar-refractivity contribution is -0.121. The average molecular weight is 541 g/mol. The molecule has 166 valence electrons. The van der Waals surface area contributed by atoms with Crippen molar-refractivity contribution in [1.82, 2.24) is 21.1 Å². The molecule has 29 heavy (non-hydrogen) atoms. The third-order valence-corrected chi connectivity index (χ3v) is 6.36. The molecule has 2 rings (SSSR count). The van der Waals surface area contributed by atoms with Crippen LogP contribution in [-0.2, 0) is 34.0 Å². The van der Waals surface area contributed by atoms with Crippen molar-refractivity contribution >= 4 is 45.7 Å². The average Bonchev–Trinajstić information content (AvgIpc) is 3.21. The fourth-order valence-electron chi connectivity index (χ4n) is 3.12. The van der Waals surface area contributed by atoms with E-state index in [4.69, 9.17) is 4.52 Å². The van der Waals surface area contributed by atoms with Gasteiger partial charge in [0.05, 0.1) is 23.7 Å². The van der Waals surface area contributed by atoms with E-state index >= 15 is 0 Å². The molecule has 2 heterocycles. The third-order valence-electron chi connectivity index (χ3n) is 4.59. The van der Waals surface area contributed by atoms with E-state index in [0.717, 1.165) is 29.9 Å². The van der Waals surface area contributed by atoms with Gasteiger partial charge in [0, 0.05) is 37.5 Å². The number of sulfone groups is 1. The van der Waals surface area contributed by atoms with Crippen molar-refractivity contribution in [2.75, 3.05) is 24.6 Å². The van der Waals surface area contributed by atoms with Gasteiger partial charge in [-0.2, -0.15) is 0 Å². The lowest BCUT2D eigenvalue weighted by Gasteiger charge is -2.13. The van der Waals surface area contributed by atoms with Gasteiger partial charge in [0.25, 0.3) is 0 Å². The van der Waals surface area contributed by atoms with E-state index in [1.165, 1.54) is 0 Å². The van der Waals surface area contributed by atoms with E-state index in [9.17, 15) is 13.2 Å². The zero-order valence-corrected chi connectivity index (χ0v) is 20.4. The monoisotopic (exact) mass is 541 g/mol. The summed E-state index contributed by atoms with van der Waals surface area (Å²) >= 11 is 0. The normalized spacial score (nSPS) is 18.2. The van der Waals surface area contributed by atoms with Crippen LogP contribution in [0.1, 0.15) is 50.6 Å². The number of nitrogens with one attached hydrogen (secondary N) is 3. The van der Waals surface area contributed by atoms with Gasteiger partial charge >= 0.3 is 0 Å². The van der Waals surface area contributed by atoms with Crippen molar-refractivity contribution < 1.29 is 17.7 Å². The van der Waals surface area contributed by atoms with E-state index in [0.29, 0.717) is 32.0 Å². The minimum Gasteiger partial charge on any atom is -0.361 e. The second-order valence-electron chi connectivity index (χ2n) is 6.78. The van der Waals surface area contributed by atoms with Crippen LogP contribution < -0.4 is 16.0 Å². The highest BCUT2D eigenvalue weighted by atomic mass is 127. The maximum absolute atomic E-state index is 12.0. The number of carbonyl (C=O) groups is 1. The van der Waals surface area contributed by atoms with Crippen LogP contribution in [0.4, 0.5) is 0 Å². The first-order valence-corrected chi connectivity index (χ1v) is 11.7. The number of amides is 1. The standard InChI is InChI=1S/C18H31N5O4S.HI/c1-4-15-14(16(5-2)27-23-15)11-21-18(19-6-3)20-9-7-17(24)22-13-8-10-28(25,26)12-13;/h13H,4-12H2,1-3H3,(H,22,24)(H2,19,20,21);1H. The Labute approximate surface area is 189 Å². The summed E-state index contributed by atoms with van der Waals surface area (Å²) < 4.78 is 28.3. The molecule has 0 saturated carbocycles. The lowest BCUT2D eigenvalue weighted by atomic mass is 10.1. The number of aromatic nitrogens is 1. The molecule has 1 amide bonds. The number of aryl methyl sites for hydroxylation is 2. The van der Waals surface area contributed by atoms with Gasteiger partial charge in [0.2, 0.25) is 5.91 Å². The molecule has 3 N–H and O–H groups in total. The molecular weight excluding hydrogens is 509 g/mol. The topological polar surface area (TPSA) is 126 Å². The first-order valence-electron chi connectivity index (χ1n) is 9.86. The minimum absolute atomic E-state index is 0. The second-order valence-corrected chi connectivity index (χ2v) is 9.01. The molecule has 1 aliphatic heterocycles. The highest BCUT2D eigenvalue weighted by molar-refractivity contribution is 14.0. The molecule has 11 heteroatoms. The summed E-state index contributed by atoms with van der Waals surface area (Å²) in [5.74, 6) is 1.49. The van der Waals surface area contributed by atoms with Gasteiger partial charge in [-0.3, -0.25) is 4.79 Å². The van der Waals surface area contributed by atoms with Crippen molar-refractivity contribution in [2.45, 2.75) is 59.0 Å². The molecule has 9 nitrogen and oxygen atoms in total. The van der Waals surface area contributed by atoms with Crippen LogP contribution in [0.15, 0.2) is 9.52 Å². The van der Waals surface area contributed by atoms with Crippen LogP contribution in [0.25, 0.3) is 0 Å². The predicted molar refractivity (Wildman–Crippen MR) is 123 cm³/mol. The molecular formula is C18H32IN5O4S. The Balaban J connectivity index is 0.00000420. The summed E-state index contributed by atoms with van der Waals surface area (Å²) in [6.07, 6.45) is 2.28. The van der Waals surface area contributed by atoms with E-state index in [-0.39, 0.29) is 53.9 Å². The van der Waals surface area contributed by atoms with Gasteiger partial charge in [0.15, 0.2) is 15.8 Å². The van der Waals surface area contributed by atoms with Gasteiger partial charge < -0.3 is 20.5 Å². The van der Waals surface area contributed by atoms with E-state index in [1.54, 1.807) is 0 Å². The number of carbonyl (C=O) groups excluding carboxylic acids is 1. The Morgan fingerprint density at radius 2 is 2.00 bits per heavy atom. The number of hydrogen-bond acceptors (Lipinski definition) is 6. The van der Waals surface area contributed by atoms with E-state index in [1.807, 2.05) is 20.8 Å². The van der Waals surface area contributed by atoms with Crippen LogP contribution in [0.3, 0.4) is 0 Å². The number of nitrogens with zero attached hydrogens (tertiary/aromatic N) is 2. The summed E-state index contributed by atoms with van der Waals surface area (Å²) in [6, 6.07) is -0.270. The molecule has 1 aliphatic rings. The van der Waals surface area contributed by atoms with Gasteiger partial charge in [-0.25, -0.2) is 13.4 Å². The molecule has 0 bridgehead atoms. The summed E-state index contributed by atoms with van der Waals surface area (Å²) in [7, 11) is -3.00. The Hall–Kier alpha value is -1.37. The predicted octanol–water partition coefficient (Wildman–Crippen LogP) is 1.17. The number of guanidine groups is 1. The van der Waals surface area contributed by atoms with E-state index < -0.39 is 9.84 Å². The molecule has 1 atom stereocenters. The smallest absolute Gasteiger partial charge is 0.222 e. The molecule has 1 unspecified atom stereocenters. The van der Waals surface area contributed by atoms with Gasteiger partial charge in [-0.15, -0.1) is 24.0 Å². The Morgan fingerprint density at radius 3 is 2.59 bits per heavy atom. The lowest BCUT2D eigenvalue weighted by Crippen LogP contribution is -2.41. The summed E-state index contributed by atoms with van der Waals surface area (Å²) in [6.45, 7) is 7.58. The zero-order valence-electron chi connectivity index (χ0n) is 17.3. The van der Waals surface area contributed by atoms with Gasteiger partial charge in [-0.1, -0.05) is 19.0 Å². The number of aliphatic imine (C=N–C) groups is 1. The third kappa shape index (κ3) is 8.11. The summed E-state index contributed by atoms with van der Waals surface area (Å²) in [5.41, 5.74) is 1.93. The van der Waals surface area contributed by atoms with Crippen molar-refractivity contribution in [3.05, 3.63) is 17.0 Å². The molecule has 0 aliphatic carbocycles. The maximum atomic E-state index is 12.0. The van der Waals surface area contributed by atoms with Crippen molar-refractivity contribution in [1.29, 1.82) is 0 Å². The number of rotatable bonds is 9. The molecule has 1 saturated heterocycles. The fraction of sp³-hybridized carbons (Fsp3) is 0.722. The minimum atomic E-state index is -3.00. The van der Waals surface area contributed by atoms with Crippen LogP contribution in [0.2, 0.25) is 0 Å². The summed E-state index contributed by atoms with van der Waals surface area (Å²) in [5, 5.41) is 13.2. The van der Waals surface area contributed by atoms with Crippen LogP contribution in [-0.4, -0.2) is 56.1 Å². The first-order chi connectivity index (χ1) is 13.4.